The van der Waals surface area contributed by atoms with Gasteiger partial charge in [0.25, 0.3) is 5.56 Å². The summed E-state index contributed by atoms with van der Waals surface area (Å²) in [6.07, 6.45) is 3.91. The van der Waals surface area contributed by atoms with Crippen LogP contribution in [0.4, 0.5) is 0 Å². The van der Waals surface area contributed by atoms with Crippen LogP contribution in [0.1, 0.15) is 24.3 Å². The van der Waals surface area contributed by atoms with E-state index in [-0.39, 0.29) is 36.1 Å². The molecule has 8 heteroatoms. The van der Waals surface area contributed by atoms with Crippen LogP contribution in [-0.2, 0) is 14.1 Å². The van der Waals surface area contributed by atoms with Crippen molar-refractivity contribution in [1.82, 2.24) is 19.4 Å². The highest BCUT2D eigenvalue weighted by Gasteiger charge is 2.17. The number of fused-ring (bicyclic) bond motifs is 1. The minimum atomic E-state index is -0.343. The monoisotopic (exact) mass is 346 g/mol. The van der Waals surface area contributed by atoms with E-state index in [0.717, 1.165) is 36.1 Å². The molecule has 3 rings (SSSR count). The van der Waals surface area contributed by atoms with Gasteiger partial charge in [-0.05, 0) is 43.5 Å². The summed E-state index contributed by atoms with van der Waals surface area (Å²) < 4.78 is 2.55. The number of nitrogens with one attached hydrogen (secondary N) is 1. The molecule has 1 aliphatic heterocycles. The first kappa shape index (κ1) is 18.7. The van der Waals surface area contributed by atoms with Gasteiger partial charge in [-0.2, -0.15) is 0 Å². The van der Waals surface area contributed by atoms with Crippen LogP contribution < -0.4 is 16.6 Å². The van der Waals surface area contributed by atoms with E-state index < -0.39 is 0 Å². The Labute approximate surface area is 140 Å². The Bertz CT molecular complexity index is 779. The molecule has 0 spiro atoms. The lowest BCUT2D eigenvalue weighted by Crippen LogP contribution is -2.37. The van der Waals surface area contributed by atoms with Gasteiger partial charge in [0.2, 0.25) is 0 Å². The van der Waals surface area contributed by atoms with Gasteiger partial charge < -0.3 is 5.32 Å². The van der Waals surface area contributed by atoms with E-state index in [1.807, 2.05) is 6.07 Å². The highest BCUT2D eigenvalue weighted by molar-refractivity contribution is 5.85. The normalized spacial score (nSPS) is 15.2. The zero-order chi connectivity index (χ0) is 14.3. The topological polar surface area (TPSA) is 68.9 Å². The van der Waals surface area contributed by atoms with E-state index in [9.17, 15) is 9.59 Å². The first-order chi connectivity index (χ1) is 9.59. The van der Waals surface area contributed by atoms with Crippen LogP contribution in [0.2, 0.25) is 0 Å². The number of aryl methyl sites for hydroxylation is 1. The predicted molar refractivity (Wildman–Crippen MR) is 91.6 cm³/mol. The second-order valence-corrected chi connectivity index (χ2v) is 5.37. The number of nitrogens with zero attached hydrogens (tertiary/aromatic N) is 3. The Morgan fingerprint density at radius 3 is 2.41 bits per heavy atom. The van der Waals surface area contributed by atoms with Crippen molar-refractivity contribution in [2.24, 2.45) is 14.1 Å². The molecule has 0 radical (unpaired) electrons. The first-order valence-electron chi connectivity index (χ1n) is 6.86. The van der Waals surface area contributed by atoms with Crippen molar-refractivity contribution in [2.45, 2.75) is 18.8 Å². The van der Waals surface area contributed by atoms with Gasteiger partial charge in [-0.15, -0.1) is 24.8 Å². The fourth-order valence-electron chi connectivity index (χ4n) is 2.86. The van der Waals surface area contributed by atoms with Gasteiger partial charge in [-0.1, -0.05) is 0 Å². The molecule has 22 heavy (non-hydrogen) atoms. The molecule has 1 fully saturated rings. The molecule has 3 heterocycles. The average Bonchev–Trinajstić information content (AvgIpc) is 2.51. The van der Waals surface area contributed by atoms with E-state index in [4.69, 9.17) is 0 Å². The molecule has 0 bridgehead atoms. The third-order valence-corrected chi connectivity index (χ3v) is 4.12. The van der Waals surface area contributed by atoms with Crippen LogP contribution in [0.15, 0.2) is 21.9 Å². The Balaban J connectivity index is 0.00000121. The number of piperidine rings is 1. The molecule has 0 aromatic carbocycles. The number of aromatic nitrogens is 3. The van der Waals surface area contributed by atoms with Gasteiger partial charge in [0.05, 0.1) is 5.39 Å². The Morgan fingerprint density at radius 1 is 1.14 bits per heavy atom. The summed E-state index contributed by atoms with van der Waals surface area (Å²) in [5, 5.41) is 3.85. The van der Waals surface area contributed by atoms with Crippen LogP contribution in [0.3, 0.4) is 0 Å². The summed E-state index contributed by atoms with van der Waals surface area (Å²) in [4.78, 5) is 28.4. The molecular formula is C14H20Cl2N4O2. The summed E-state index contributed by atoms with van der Waals surface area (Å²) in [5.41, 5.74) is 0.932. The third kappa shape index (κ3) is 3.04. The molecule has 6 nitrogen and oxygen atoms in total. The average molecular weight is 347 g/mol. The van der Waals surface area contributed by atoms with Crippen molar-refractivity contribution in [3.8, 4) is 0 Å². The summed E-state index contributed by atoms with van der Waals surface area (Å²) in [6.45, 7) is 1.99. The highest BCUT2D eigenvalue weighted by atomic mass is 35.5. The van der Waals surface area contributed by atoms with Crippen LogP contribution >= 0.6 is 24.8 Å². The van der Waals surface area contributed by atoms with Crippen molar-refractivity contribution >= 4 is 35.8 Å². The number of halogens is 2. The maximum absolute atomic E-state index is 12.2. The molecule has 0 saturated carbocycles. The van der Waals surface area contributed by atoms with Crippen molar-refractivity contribution in [2.75, 3.05) is 13.1 Å². The zero-order valence-corrected chi connectivity index (χ0v) is 14.2. The van der Waals surface area contributed by atoms with Crippen LogP contribution in [0.25, 0.3) is 11.0 Å². The quantitative estimate of drug-likeness (QED) is 0.834. The molecule has 1 saturated heterocycles. The maximum atomic E-state index is 12.2. The molecule has 0 aliphatic carbocycles. The van der Waals surface area contributed by atoms with Crippen LogP contribution in [0.5, 0.6) is 0 Å². The standard InChI is InChI=1S/C14H18N4O2.2ClH/c1-17-12-11(13(19)18(2)14(17)20)7-10(8-16-12)9-3-5-15-6-4-9;;/h7-9,15H,3-6H2,1-2H3;2*1H. The minimum absolute atomic E-state index is 0. The molecule has 0 amide bonds. The van der Waals surface area contributed by atoms with E-state index in [0.29, 0.717) is 17.0 Å². The molecule has 1 aliphatic rings. The SMILES string of the molecule is Cl.Cl.Cn1c(=O)c2cc(C3CCNCC3)cnc2n(C)c1=O. The number of hydrogen-bond acceptors (Lipinski definition) is 4. The lowest BCUT2D eigenvalue weighted by atomic mass is 9.91. The second-order valence-electron chi connectivity index (χ2n) is 5.37. The van der Waals surface area contributed by atoms with Gasteiger partial charge in [0.1, 0.15) is 5.65 Å². The molecule has 2 aromatic rings. The van der Waals surface area contributed by atoms with Gasteiger partial charge >= 0.3 is 5.69 Å². The van der Waals surface area contributed by atoms with Gasteiger partial charge in [0.15, 0.2) is 0 Å². The molecule has 1 N–H and O–H groups in total. The molecular weight excluding hydrogens is 327 g/mol. The van der Waals surface area contributed by atoms with E-state index in [1.165, 1.54) is 11.6 Å². The summed E-state index contributed by atoms with van der Waals surface area (Å²) in [6, 6.07) is 1.90. The summed E-state index contributed by atoms with van der Waals surface area (Å²) >= 11 is 0. The zero-order valence-electron chi connectivity index (χ0n) is 12.5. The second kappa shape index (κ2) is 7.26. The van der Waals surface area contributed by atoms with E-state index >= 15 is 0 Å². The molecule has 0 unspecified atom stereocenters. The van der Waals surface area contributed by atoms with Gasteiger partial charge in [-0.25, -0.2) is 9.78 Å². The van der Waals surface area contributed by atoms with Gasteiger partial charge in [-0.3, -0.25) is 13.9 Å². The number of rotatable bonds is 1. The number of pyridine rings is 1. The Hall–Kier alpha value is -1.37. The predicted octanol–water partition coefficient (Wildman–Crippen LogP) is 0.943. The van der Waals surface area contributed by atoms with E-state index in [1.54, 1.807) is 13.2 Å². The van der Waals surface area contributed by atoms with Crippen molar-refractivity contribution < 1.29 is 0 Å². The minimum Gasteiger partial charge on any atom is -0.317 e. The molecule has 122 valence electrons. The summed E-state index contributed by atoms with van der Waals surface area (Å²) in [7, 11) is 3.14. The Kier molecular flexibility index (Phi) is 6.17. The molecule has 2 aromatic heterocycles. The lowest BCUT2D eigenvalue weighted by molar-refractivity contribution is 0.460. The van der Waals surface area contributed by atoms with Crippen molar-refractivity contribution in [3.05, 3.63) is 38.7 Å². The maximum Gasteiger partial charge on any atom is 0.332 e. The number of hydrogen-bond donors (Lipinski definition) is 1. The summed E-state index contributed by atoms with van der Waals surface area (Å²) in [5.74, 6) is 0.440. The van der Waals surface area contributed by atoms with Crippen molar-refractivity contribution in [1.29, 1.82) is 0 Å². The largest absolute Gasteiger partial charge is 0.332 e. The van der Waals surface area contributed by atoms with Crippen LogP contribution in [-0.4, -0.2) is 27.2 Å². The van der Waals surface area contributed by atoms with Crippen LogP contribution in [0, 0.1) is 0 Å². The van der Waals surface area contributed by atoms with E-state index in [2.05, 4.69) is 10.3 Å². The molecule has 0 atom stereocenters. The lowest BCUT2D eigenvalue weighted by Gasteiger charge is -2.22. The smallest absolute Gasteiger partial charge is 0.317 e. The van der Waals surface area contributed by atoms with Gasteiger partial charge in [0, 0.05) is 20.3 Å². The third-order valence-electron chi connectivity index (χ3n) is 4.12. The first-order valence-corrected chi connectivity index (χ1v) is 6.86. The highest BCUT2D eigenvalue weighted by Crippen LogP contribution is 2.25. The fourth-order valence-corrected chi connectivity index (χ4v) is 2.86. The Morgan fingerprint density at radius 2 is 1.77 bits per heavy atom. The van der Waals surface area contributed by atoms with Crippen molar-refractivity contribution in [3.63, 3.8) is 0 Å². The fraction of sp³-hybridized carbons (Fsp3) is 0.500.